The van der Waals surface area contributed by atoms with Crippen LogP contribution in [0.5, 0.6) is 0 Å². The summed E-state index contributed by atoms with van der Waals surface area (Å²) >= 11 is 0. The topological polar surface area (TPSA) is 60.8 Å². The van der Waals surface area contributed by atoms with Gasteiger partial charge in [0.05, 0.1) is 0 Å². The summed E-state index contributed by atoms with van der Waals surface area (Å²) in [7, 11) is -0.587. The highest BCUT2D eigenvalue weighted by molar-refractivity contribution is 7.52. The minimum atomic E-state index is -3.96. The Hall–Kier alpha value is 0.110. The van der Waals surface area contributed by atoms with Crippen LogP contribution in [0.15, 0.2) is 0 Å². The molecular formula is C7H18NO3P. The molecule has 0 fully saturated rings. The van der Waals surface area contributed by atoms with E-state index in [1.54, 1.807) is 19.0 Å². The van der Waals surface area contributed by atoms with Gasteiger partial charge in [-0.1, -0.05) is 13.8 Å². The van der Waals surface area contributed by atoms with Crippen LogP contribution >= 0.6 is 7.60 Å². The molecular weight excluding hydrogens is 177 g/mol. The molecule has 1 unspecified atom stereocenters. The largest absolute Gasteiger partial charge is 0.342 e. The van der Waals surface area contributed by atoms with Crippen molar-refractivity contribution in [3.05, 3.63) is 0 Å². The first-order valence-corrected chi connectivity index (χ1v) is 5.65. The van der Waals surface area contributed by atoms with Gasteiger partial charge in [-0.05, 0) is 26.4 Å². The Morgan fingerprint density at radius 3 is 1.83 bits per heavy atom. The third-order valence-electron chi connectivity index (χ3n) is 1.67. The summed E-state index contributed by atoms with van der Waals surface area (Å²) < 4.78 is 11.0. The van der Waals surface area contributed by atoms with Crippen LogP contribution in [0.4, 0.5) is 0 Å². The fourth-order valence-corrected chi connectivity index (χ4v) is 2.37. The molecule has 0 spiro atoms. The highest BCUT2D eigenvalue weighted by Gasteiger charge is 2.30. The highest BCUT2D eigenvalue weighted by Crippen LogP contribution is 2.44. The minimum absolute atomic E-state index is 0.296. The van der Waals surface area contributed by atoms with E-state index in [1.807, 2.05) is 13.8 Å². The second-order valence-corrected chi connectivity index (χ2v) is 5.44. The second kappa shape index (κ2) is 4.38. The molecule has 0 rings (SSSR count). The van der Waals surface area contributed by atoms with Crippen molar-refractivity contribution in [2.75, 3.05) is 14.1 Å². The molecule has 0 aliphatic carbocycles. The molecule has 0 saturated carbocycles. The molecule has 0 aliphatic heterocycles. The summed E-state index contributed by atoms with van der Waals surface area (Å²) in [5.74, 6) is -0.345. The quantitative estimate of drug-likeness (QED) is 0.659. The lowest BCUT2D eigenvalue weighted by molar-refractivity contribution is 0.259. The van der Waals surface area contributed by atoms with Crippen molar-refractivity contribution >= 4 is 7.60 Å². The van der Waals surface area contributed by atoms with E-state index in [0.29, 0.717) is 12.3 Å². The summed E-state index contributed by atoms with van der Waals surface area (Å²) in [6, 6.07) is 0. The van der Waals surface area contributed by atoms with Gasteiger partial charge in [-0.15, -0.1) is 0 Å². The van der Waals surface area contributed by atoms with Crippen molar-refractivity contribution in [3.63, 3.8) is 0 Å². The Morgan fingerprint density at radius 1 is 1.33 bits per heavy atom. The third-order valence-corrected chi connectivity index (χ3v) is 3.12. The van der Waals surface area contributed by atoms with Crippen molar-refractivity contribution in [1.29, 1.82) is 0 Å². The van der Waals surface area contributed by atoms with Crippen LogP contribution in [0.3, 0.4) is 0 Å². The Labute approximate surface area is 73.7 Å². The van der Waals surface area contributed by atoms with Crippen LogP contribution in [0.25, 0.3) is 0 Å². The van der Waals surface area contributed by atoms with Crippen LogP contribution in [-0.2, 0) is 4.57 Å². The van der Waals surface area contributed by atoms with Gasteiger partial charge in [-0.2, -0.15) is 0 Å². The monoisotopic (exact) mass is 195 g/mol. The summed E-state index contributed by atoms with van der Waals surface area (Å²) in [6.07, 6.45) is 0.525. The molecule has 74 valence electrons. The number of hydrogen-bond donors (Lipinski definition) is 2. The maximum Gasteiger partial charge on any atom is 0.342 e. The zero-order valence-corrected chi connectivity index (χ0v) is 8.95. The third kappa shape index (κ3) is 4.21. The normalized spacial score (nSPS) is 15.7. The van der Waals surface area contributed by atoms with Crippen LogP contribution < -0.4 is 0 Å². The summed E-state index contributed by atoms with van der Waals surface area (Å²) in [4.78, 5) is 19.5. The van der Waals surface area contributed by atoms with Crippen molar-refractivity contribution in [1.82, 2.24) is 4.90 Å². The Bertz CT molecular complexity index is 175. The fourth-order valence-electron chi connectivity index (χ4n) is 1.07. The number of nitrogens with zero attached hydrogens (tertiary/aromatic N) is 1. The molecule has 0 saturated heterocycles. The number of hydrogen-bond acceptors (Lipinski definition) is 2. The van der Waals surface area contributed by atoms with E-state index in [-0.39, 0.29) is 0 Å². The van der Waals surface area contributed by atoms with Crippen molar-refractivity contribution in [3.8, 4) is 0 Å². The van der Waals surface area contributed by atoms with Gasteiger partial charge in [0.2, 0.25) is 0 Å². The maximum atomic E-state index is 11.0. The predicted molar refractivity (Wildman–Crippen MR) is 49.0 cm³/mol. The van der Waals surface area contributed by atoms with Crippen LogP contribution in [0.2, 0.25) is 0 Å². The zero-order valence-electron chi connectivity index (χ0n) is 8.06. The lowest BCUT2D eigenvalue weighted by Crippen LogP contribution is -2.29. The average molecular weight is 195 g/mol. The molecule has 5 heteroatoms. The minimum Gasteiger partial charge on any atom is -0.323 e. The van der Waals surface area contributed by atoms with E-state index in [2.05, 4.69) is 0 Å². The Balaban J connectivity index is 4.36. The molecule has 0 bridgehead atoms. The van der Waals surface area contributed by atoms with E-state index in [1.165, 1.54) is 0 Å². The fraction of sp³-hybridized carbons (Fsp3) is 1.00. The van der Waals surface area contributed by atoms with E-state index in [4.69, 9.17) is 9.79 Å². The summed E-state index contributed by atoms with van der Waals surface area (Å²) in [5.41, 5.74) is 0. The van der Waals surface area contributed by atoms with Gasteiger partial charge in [0.25, 0.3) is 0 Å². The van der Waals surface area contributed by atoms with E-state index >= 15 is 0 Å². The first-order chi connectivity index (χ1) is 5.25. The smallest absolute Gasteiger partial charge is 0.323 e. The summed E-state index contributed by atoms with van der Waals surface area (Å²) in [5, 5.41) is 0. The molecule has 0 aromatic carbocycles. The SMILES string of the molecule is CC(C)CC(N(C)C)P(=O)(O)O. The Morgan fingerprint density at radius 2 is 1.75 bits per heavy atom. The molecule has 0 aromatic heterocycles. The summed E-state index contributed by atoms with van der Waals surface area (Å²) in [6.45, 7) is 3.90. The molecule has 4 nitrogen and oxygen atoms in total. The number of rotatable bonds is 4. The van der Waals surface area contributed by atoms with Crippen molar-refractivity contribution < 1.29 is 14.4 Å². The van der Waals surface area contributed by atoms with Crippen molar-refractivity contribution in [2.24, 2.45) is 5.92 Å². The van der Waals surface area contributed by atoms with Gasteiger partial charge in [-0.3, -0.25) is 9.46 Å². The van der Waals surface area contributed by atoms with E-state index < -0.39 is 13.4 Å². The van der Waals surface area contributed by atoms with Crippen LogP contribution in [0, 0.1) is 5.92 Å². The van der Waals surface area contributed by atoms with E-state index in [9.17, 15) is 4.57 Å². The van der Waals surface area contributed by atoms with Crippen LogP contribution in [0.1, 0.15) is 20.3 Å². The van der Waals surface area contributed by atoms with Gasteiger partial charge in [0, 0.05) is 0 Å². The molecule has 0 amide bonds. The Kier molecular flexibility index (Phi) is 4.42. The van der Waals surface area contributed by atoms with Gasteiger partial charge in [-0.25, -0.2) is 0 Å². The van der Waals surface area contributed by atoms with Crippen molar-refractivity contribution in [2.45, 2.75) is 26.1 Å². The molecule has 0 aliphatic rings. The lowest BCUT2D eigenvalue weighted by atomic mass is 10.1. The standard InChI is InChI=1S/C7H18NO3P/c1-6(2)5-7(8(3)4)12(9,10)11/h6-7H,5H2,1-4H3,(H2,9,10,11). The first-order valence-electron chi connectivity index (χ1n) is 3.96. The highest BCUT2D eigenvalue weighted by atomic mass is 31.2. The molecule has 0 aromatic rings. The molecule has 0 heterocycles. The zero-order chi connectivity index (χ0) is 9.94. The maximum absolute atomic E-state index is 11.0. The average Bonchev–Trinajstić information content (AvgIpc) is 1.79. The van der Waals surface area contributed by atoms with E-state index in [0.717, 1.165) is 0 Å². The molecule has 12 heavy (non-hydrogen) atoms. The van der Waals surface area contributed by atoms with Gasteiger partial charge < -0.3 is 9.79 Å². The van der Waals surface area contributed by atoms with Crippen LogP contribution in [-0.4, -0.2) is 34.6 Å². The second-order valence-electron chi connectivity index (χ2n) is 3.66. The molecule has 2 N–H and O–H groups in total. The van der Waals surface area contributed by atoms with Gasteiger partial charge in [0.1, 0.15) is 5.78 Å². The lowest BCUT2D eigenvalue weighted by Gasteiger charge is -2.26. The van der Waals surface area contributed by atoms with Gasteiger partial charge >= 0.3 is 7.60 Å². The molecule has 0 radical (unpaired) electrons. The van der Waals surface area contributed by atoms with Gasteiger partial charge in [0.15, 0.2) is 0 Å². The molecule has 1 atom stereocenters. The first kappa shape index (κ1) is 12.1. The predicted octanol–water partition coefficient (Wildman–Crippen LogP) is 1.10.